The van der Waals surface area contributed by atoms with Gasteiger partial charge in [0.2, 0.25) is 0 Å². The molecule has 28 heavy (non-hydrogen) atoms. The van der Waals surface area contributed by atoms with Crippen LogP contribution in [0.5, 0.6) is 0 Å². The Balaban J connectivity index is 1.58. The van der Waals surface area contributed by atoms with E-state index in [0.29, 0.717) is 18.7 Å². The van der Waals surface area contributed by atoms with E-state index in [1.165, 1.54) is 6.07 Å². The average Bonchev–Trinajstić information content (AvgIpc) is 2.68. The minimum Gasteiger partial charge on any atom is -0.284 e. The molecule has 0 saturated heterocycles. The molecule has 0 radical (unpaired) electrons. The zero-order chi connectivity index (χ0) is 19.7. The van der Waals surface area contributed by atoms with Gasteiger partial charge in [-0.3, -0.25) is 9.71 Å². The molecule has 3 aromatic carbocycles. The fourth-order valence-corrected chi connectivity index (χ4v) is 4.31. The Kier molecular flexibility index (Phi) is 4.73. The highest BCUT2D eigenvalue weighted by atomic mass is 32.2. The highest BCUT2D eigenvalue weighted by molar-refractivity contribution is 7.92. The van der Waals surface area contributed by atoms with Gasteiger partial charge in [-0.25, -0.2) is 12.8 Å². The Bertz CT molecular complexity index is 1150. The first kappa shape index (κ1) is 18.4. The van der Waals surface area contributed by atoms with Crippen molar-refractivity contribution >= 4 is 21.4 Å². The van der Waals surface area contributed by atoms with E-state index >= 15 is 0 Å². The molecule has 0 spiro atoms. The number of nitrogens with zero attached hydrogens (tertiary/aromatic N) is 1. The zero-order valence-corrected chi connectivity index (χ0v) is 16.1. The molecule has 1 N–H and O–H groups in total. The van der Waals surface area contributed by atoms with Gasteiger partial charge in [0.1, 0.15) is 5.82 Å². The lowest BCUT2D eigenvalue weighted by molar-refractivity contribution is 0.601. The third kappa shape index (κ3) is 3.68. The second-order valence-electron chi connectivity index (χ2n) is 6.78. The molecule has 0 aromatic heterocycles. The minimum atomic E-state index is -3.64. The number of rotatable bonds is 4. The van der Waals surface area contributed by atoms with Crippen molar-refractivity contribution in [3.05, 3.63) is 94.8 Å². The number of halogens is 1. The number of benzene rings is 3. The highest BCUT2D eigenvalue weighted by Crippen LogP contribution is 2.23. The third-order valence-corrected chi connectivity index (χ3v) is 6.11. The summed E-state index contributed by atoms with van der Waals surface area (Å²) in [5, 5.41) is 0. The van der Waals surface area contributed by atoms with Gasteiger partial charge in [0.15, 0.2) is 0 Å². The lowest BCUT2D eigenvalue weighted by Gasteiger charge is -2.17. The fourth-order valence-electron chi connectivity index (χ4n) is 3.25. The molecule has 4 rings (SSSR count). The Morgan fingerprint density at radius 1 is 0.964 bits per heavy atom. The molecule has 0 aliphatic carbocycles. The number of fused-ring (bicyclic) bond motifs is 1. The Morgan fingerprint density at radius 2 is 1.68 bits per heavy atom. The average molecular weight is 394 g/mol. The van der Waals surface area contributed by atoms with Crippen molar-refractivity contribution in [3.63, 3.8) is 0 Å². The number of aliphatic imine (C=N–C) groups is 1. The molecule has 6 heteroatoms. The maximum atomic E-state index is 13.5. The summed E-state index contributed by atoms with van der Waals surface area (Å²) >= 11 is 0. The number of sulfonamides is 1. The van der Waals surface area contributed by atoms with Crippen LogP contribution in [0.4, 0.5) is 10.1 Å². The van der Waals surface area contributed by atoms with Gasteiger partial charge in [-0.2, -0.15) is 0 Å². The van der Waals surface area contributed by atoms with Crippen molar-refractivity contribution in [2.24, 2.45) is 4.99 Å². The molecular formula is C22H19FN2O2S. The molecule has 1 aliphatic heterocycles. The van der Waals surface area contributed by atoms with Crippen LogP contribution in [0.1, 0.15) is 22.3 Å². The maximum absolute atomic E-state index is 13.5. The van der Waals surface area contributed by atoms with Gasteiger partial charge in [0.05, 0.1) is 10.6 Å². The smallest absolute Gasteiger partial charge is 0.261 e. The van der Waals surface area contributed by atoms with Gasteiger partial charge in [0, 0.05) is 23.4 Å². The van der Waals surface area contributed by atoms with Crippen molar-refractivity contribution in [3.8, 4) is 0 Å². The maximum Gasteiger partial charge on any atom is 0.261 e. The largest absolute Gasteiger partial charge is 0.284 e. The normalized spacial score (nSPS) is 13.6. The van der Waals surface area contributed by atoms with E-state index in [1.807, 2.05) is 19.1 Å². The van der Waals surface area contributed by atoms with Crippen molar-refractivity contribution in [2.45, 2.75) is 18.2 Å². The predicted octanol–water partition coefficient (Wildman–Crippen LogP) is 4.33. The molecule has 0 saturated carbocycles. The Morgan fingerprint density at radius 3 is 2.39 bits per heavy atom. The molecule has 0 unspecified atom stereocenters. The zero-order valence-electron chi connectivity index (χ0n) is 15.3. The summed E-state index contributed by atoms with van der Waals surface area (Å²) in [6.45, 7) is 2.51. The minimum absolute atomic E-state index is 0.217. The Hall–Kier alpha value is -2.99. The second kappa shape index (κ2) is 7.20. The summed E-state index contributed by atoms with van der Waals surface area (Å²) in [5.41, 5.74) is 4.99. The van der Waals surface area contributed by atoms with Crippen LogP contribution in [0.15, 0.2) is 76.6 Å². The summed E-state index contributed by atoms with van der Waals surface area (Å²) in [7, 11) is -3.64. The van der Waals surface area contributed by atoms with Crippen molar-refractivity contribution < 1.29 is 12.8 Å². The van der Waals surface area contributed by atoms with Crippen LogP contribution in [-0.4, -0.2) is 20.7 Å². The lowest BCUT2D eigenvalue weighted by Crippen LogP contribution is -2.15. The van der Waals surface area contributed by atoms with Crippen LogP contribution in [0, 0.1) is 12.7 Å². The van der Waals surface area contributed by atoms with E-state index in [-0.39, 0.29) is 10.7 Å². The summed E-state index contributed by atoms with van der Waals surface area (Å²) in [6, 6.07) is 18.5. The summed E-state index contributed by atoms with van der Waals surface area (Å²) in [4.78, 5) is 4.80. The van der Waals surface area contributed by atoms with Gasteiger partial charge in [-0.15, -0.1) is 0 Å². The van der Waals surface area contributed by atoms with Gasteiger partial charge in [-0.05, 0) is 61.4 Å². The summed E-state index contributed by atoms with van der Waals surface area (Å²) in [6.07, 6.45) is 0.713. The number of hydrogen-bond donors (Lipinski definition) is 1. The quantitative estimate of drug-likeness (QED) is 0.716. The number of nitrogens with one attached hydrogen (secondary N) is 1. The predicted molar refractivity (Wildman–Crippen MR) is 109 cm³/mol. The Labute approximate surface area is 163 Å². The summed E-state index contributed by atoms with van der Waals surface area (Å²) in [5.74, 6) is -0.249. The first-order valence-electron chi connectivity index (χ1n) is 8.95. The van der Waals surface area contributed by atoms with Crippen LogP contribution >= 0.6 is 0 Å². The molecule has 1 heterocycles. The lowest BCUT2D eigenvalue weighted by atomic mass is 9.93. The van der Waals surface area contributed by atoms with Crippen molar-refractivity contribution in [2.75, 3.05) is 11.3 Å². The first-order valence-corrected chi connectivity index (χ1v) is 10.4. The number of hydrogen-bond acceptors (Lipinski definition) is 3. The molecule has 4 nitrogen and oxygen atoms in total. The van der Waals surface area contributed by atoms with E-state index in [0.717, 1.165) is 28.0 Å². The third-order valence-electron chi connectivity index (χ3n) is 4.72. The van der Waals surface area contributed by atoms with E-state index in [2.05, 4.69) is 9.71 Å². The SMILES string of the molecule is Cc1ccc(S(=O)(=O)Nc2ccc(C3=NCCc4cc(F)ccc43)cc2)cc1. The van der Waals surface area contributed by atoms with E-state index in [4.69, 9.17) is 0 Å². The van der Waals surface area contributed by atoms with Gasteiger partial charge in [0.25, 0.3) is 10.0 Å². The number of aryl methyl sites for hydroxylation is 1. The van der Waals surface area contributed by atoms with Crippen LogP contribution in [-0.2, 0) is 16.4 Å². The molecule has 0 fully saturated rings. The molecule has 0 atom stereocenters. The molecule has 0 bridgehead atoms. The van der Waals surface area contributed by atoms with Crippen molar-refractivity contribution in [1.82, 2.24) is 0 Å². The van der Waals surface area contributed by atoms with E-state index < -0.39 is 10.0 Å². The standard InChI is InChI=1S/C22H19FN2O2S/c1-15-2-9-20(10-3-15)28(26,27)25-19-7-4-16(5-8-19)22-21-11-6-18(23)14-17(21)12-13-24-22/h2-11,14,25H,12-13H2,1H3. The van der Waals surface area contributed by atoms with Crippen LogP contribution < -0.4 is 4.72 Å². The van der Waals surface area contributed by atoms with Gasteiger partial charge < -0.3 is 0 Å². The van der Waals surface area contributed by atoms with Crippen molar-refractivity contribution in [1.29, 1.82) is 0 Å². The van der Waals surface area contributed by atoms with Crippen LogP contribution in [0.3, 0.4) is 0 Å². The summed E-state index contributed by atoms with van der Waals surface area (Å²) < 4.78 is 41.1. The molecule has 3 aromatic rings. The molecule has 0 amide bonds. The second-order valence-corrected chi connectivity index (χ2v) is 8.46. The van der Waals surface area contributed by atoms with Crippen LogP contribution in [0.25, 0.3) is 0 Å². The highest BCUT2D eigenvalue weighted by Gasteiger charge is 2.17. The monoisotopic (exact) mass is 394 g/mol. The van der Waals surface area contributed by atoms with E-state index in [9.17, 15) is 12.8 Å². The molecular weight excluding hydrogens is 375 g/mol. The number of anilines is 1. The topological polar surface area (TPSA) is 58.5 Å². The first-order chi connectivity index (χ1) is 13.4. The van der Waals surface area contributed by atoms with E-state index in [1.54, 1.807) is 48.5 Å². The van der Waals surface area contributed by atoms with Gasteiger partial charge in [-0.1, -0.05) is 29.8 Å². The molecule has 1 aliphatic rings. The van der Waals surface area contributed by atoms with Crippen LogP contribution in [0.2, 0.25) is 0 Å². The molecule has 142 valence electrons. The fraction of sp³-hybridized carbons (Fsp3) is 0.136. The van der Waals surface area contributed by atoms with Gasteiger partial charge >= 0.3 is 0 Å².